The number of aromatic nitrogens is 1. The van der Waals surface area contributed by atoms with E-state index >= 15 is 0 Å². The van der Waals surface area contributed by atoms with Crippen molar-refractivity contribution in [1.82, 2.24) is 4.98 Å². The van der Waals surface area contributed by atoms with Gasteiger partial charge in [-0.05, 0) is 24.1 Å². The van der Waals surface area contributed by atoms with Gasteiger partial charge >= 0.3 is 5.97 Å². The van der Waals surface area contributed by atoms with Crippen LogP contribution in [0.2, 0.25) is 0 Å². The Labute approximate surface area is 111 Å². The number of carboxylic acids is 1. The summed E-state index contributed by atoms with van der Waals surface area (Å²) in [4.78, 5) is 15.0. The molecule has 5 nitrogen and oxygen atoms in total. The molecule has 5 heteroatoms. The van der Waals surface area contributed by atoms with Crippen LogP contribution in [0.15, 0.2) is 36.5 Å². The van der Waals surface area contributed by atoms with E-state index in [4.69, 9.17) is 10.8 Å². The van der Waals surface area contributed by atoms with Crippen LogP contribution >= 0.6 is 0 Å². The number of pyridine rings is 1. The average molecular weight is 257 g/mol. The van der Waals surface area contributed by atoms with Gasteiger partial charge in [-0.15, -0.1) is 0 Å². The number of nitrogens with two attached hydrogens (primary N) is 1. The maximum Gasteiger partial charge on any atom is 0.337 e. The van der Waals surface area contributed by atoms with Crippen LogP contribution in [0.5, 0.6) is 0 Å². The quantitative estimate of drug-likeness (QED) is 0.782. The molecule has 0 spiro atoms. The number of nitrogen functional groups attached to an aromatic ring is 1. The topological polar surface area (TPSA) is 88.2 Å². The van der Waals surface area contributed by atoms with Gasteiger partial charge in [-0.2, -0.15) is 0 Å². The van der Waals surface area contributed by atoms with Gasteiger partial charge in [0, 0.05) is 6.54 Å². The summed E-state index contributed by atoms with van der Waals surface area (Å²) in [5, 5.41) is 12.1. The first kappa shape index (κ1) is 12.9. The summed E-state index contributed by atoms with van der Waals surface area (Å²) in [6.45, 7) is 2.61. The number of rotatable bonds is 4. The summed E-state index contributed by atoms with van der Waals surface area (Å²) in [6.07, 6.45) is 1.35. The Kier molecular flexibility index (Phi) is 3.66. The van der Waals surface area contributed by atoms with Crippen LogP contribution in [0.1, 0.15) is 21.5 Å². The monoisotopic (exact) mass is 257 g/mol. The van der Waals surface area contributed by atoms with Crippen LogP contribution in [-0.4, -0.2) is 16.1 Å². The molecule has 0 amide bonds. The van der Waals surface area contributed by atoms with Crippen molar-refractivity contribution in [2.24, 2.45) is 0 Å². The number of aryl methyl sites for hydroxylation is 1. The first-order chi connectivity index (χ1) is 9.08. The van der Waals surface area contributed by atoms with Gasteiger partial charge in [0.25, 0.3) is 0 Å². The molecule has 0 aliphatic heterocycles. The molecule has 0 bridgehead atoms. The SMILES string of the molecule is Cc1ccccc1CNc1cc(C(=O)O)c(N)cn1. The fraction of sp³-hybridized carbons (Fsp3) is 0.143. The molecule has 1 aromatic heterocycles. The number of carbonyl (C=O) groups is 1. The lowest BCUT2D eigenvalue weighted by Crippen LogP contribution is -2.07. The van der Waals surface area contributed by atoms with Crippen molar-refractivity contribution in [3.63, 3.8) is 0 Å². The molecular weight excluding hydrogens is 242 g/mol. The van der Waals surface area contributed by atoms with E-state index in [1.165, 1.54) is 17.8 Å². The van der Waals surface area contributed by atoms with E-state index in [1.807, 2.05) is 31.2 Å². The van der Waals surface area contributed by atoms with Gasteiger partial charge < -0.3 is 16.2 Å². The lowest BCUT2D eigenvalue weighted by molar-refractivity contribution is 0.0698. The van der Waals surface area contributed by atoms with E-state index in [9.17, 15) is 4.79 Å². The minimum Gasteiger partial charge on any atom is -0.478 e. The minimum absolute atomic E-state index is 0.0577. The Hall–Kier alpha value is -2.56. The van der Waals surface area contributed by atoms with Gasteiger partial charge in [0.15, 0.2) is 0 Å². The Bertz CT molecular complexity index is 611. The van der Waals surface area contributed by atoms with Gasteiger partial charge in [0.1, 0.15) is 5.82 Å². The number of nitrogens with zero attached hydrogens (tertiary/aromatic N) is 1. The molecule has 0 saturated heterocycles. The molecule has 0 aliphatic carbocycles. The average Bonchev–Trinajstić information content (AvgIpc) is 2.39. The molecule has 4 N–H and O–H groups in total. The molecule has 0 fully saturated rings. The van der Waals surface area contributed by atoms with Crippen molar-refractivity contribution in [2.45, 2.75) is 13.5 Å². The lowest BCUT2D eigenvalue weighted by Gasteiger charge is -2.09. The summed E-state index contributed by atoms with van der Waals surface area (Å²) in [5.41, 5.74) is 8.08. The van der Waals surface area contributed by atoms with Crippen LogP contribution < -0.4 is 11.1 Å². The first-order valence-electron chi connectivity index (χ1n) is 5.85. The van der Waals surface area contributed by atoms with E-state index in [-0.39, 0.29) is 11.3 Å². The molecule has 1 heterocycles. The van der Waals surface area contributed by atoms with E-state index in [2.05, 4.69) is 10.3 Å². The Balaban J connectivity index is 2.14. The number of aromatic carboxylic acids is 1. The zero-order valence-corrected chi connectivity index (χ0v) is 10.6. The van der Waals surface area contributed by atoms with Crippen molar-refractivity contribution in [3.8, 4) is 0 Å². The zero-order valence-electron chi connectivity index (χ0n) is 10.6. The third-order valence-electron chi connectivity index (χ3n) is 2.89. The zero-order chi connectivity index (χ0) is 13.8. The summed E-state index contributed by atoms with van der Waals surface area (Å²) in [7, 11) is 0. The van der Waals surface area contributed by atoms with Gasteiger partial charge in [-0.3, -0.25) is 0 Å². The highest BCUT2D eigenvalue weighted by Gasteiger charge is 2.09. The second kappa shape index (κ2) is 5.39. The Morgan fingerprint density at radius 2 is 2.16 bits per heavy atom. The third kappa shape index (κ3) is 3.01. The molecular formula is C14H15N3O2. The molecule has 1 aromatic carbocycles. The van der Waals surface area contributed by atoms with Crippen molar-refractivity contribution in [1.29, 1.82) is 0 Å². The van der Waals surface area contributed by atoms with E-state index in [1.54, 1.807) is 0 Å². The number of hydrogen-bond donors (Lipinski definition) is 3. The highest BCUT2D eigenvalue weighted by Crippen LogP contribution is 2.16. The fourth-order valence-corrected chi connectivity index (χ4v) is 1.74. The minimum atomic E-state index is -1.06. The number of carboxylic acid groups (broad SMARTS) is 1. The fourth-order valence-electron chi connectivity index (χ4n) is 1.74. The van der Waals surface area contributed by atoms with Gasteiger partial charge in [0.2, 0.25) is 0 Å². The van der Waals surface area contributed by atoms with Crippen molar-refractivity contribution in [3.05, 3.63) is 53.2 Å². The summed E-state index contributed by atoms with van der Waals surface area (Å²) in [5.74, 6) is -0.561. The molecule has 0 unspecified atom stereocenters. The van der Waals surface area contributed by atoms with Crippen LogP contribution in [0, 0.1) is 6.92 Å². The van der Waals surface area contributed by atoms with E-state index < -0.39 is 5.97 Å². The molecule has 0 atom stereocenters. The highest BCUT2D eigenvalue weighted by atomic mass is 16.4. The molecule has 0 aliphatic rings. The first-order valence-corrected chi connectivity index (χ1v) is 5.85. The molecule has 98 valence electrons. The van der Waals surface area contributed by atoms with Gasteiger partial charge in [-0.1, -0.05) is 24.3 Å². The van der Waals surface area contributed by atoms with Crippen LogP contribution in [-0.2, 0) is 6.54 Å². The van der Waals surface area contributed by atoms with Crippen molar-refractivity contribution in [2.75, 3.05) is 11.1 Å². The smallest absolute Gasteiger partial charge is 0.337 e. The second-order valence-electron chi connectivity index (χ2n) is 4.24. The van der Waals surface area contributed by atoms with E-state index in [0.717, 1.165) is 5.56 Å². The maximum atomic E-state index is 11.0. The molecule has 0 saturated carbocycles. The molecule has 19 heavy (non-hydrogen) atoms. The third-order valence-corrected chi connectivity index (χ3v) is 2.89. The normalized spacial score (nSPS) is 10.2. The number of hydrogen-bond acceptors (Lipinski definition) is 4. The molecule has 0 radical (unpaired) electrons. The van der Waals surface area contributed by atoms with Crippen molar-refractivity contribution >= 4 is 17.5 Å². The van der Waals surface area contributed by atoms with Gasteiger partial charge in [0.05, 0.1) is 17.4 Å². The standard InChI is InChI=1S/C14H15N3O2/c1-9-4-2-3-5-10(9)7-16-13-6-11(14(18)19)12(15)8-17-13/h2-6,8H,7,15H2,1H3,(H,16,17)(H,18,19). The second-order valence-corrected chi connectivity index (χ2v) is 4.24. The number of anilines is 2. The van der Waals surface area contributed by atoms with E-state index in [0.29, 0.717) is 12.4 Å². The van der Waals surface area contributed by atoms with Crippen molar-refractivity contribution < 1.29 is 9.90 Å². The Morgan fingerprint density at radius 1 is 1.42 bits per heavy atom. The predicted octanol–water partition coefficient (Wildman–Crippen LogP) is 2.28. The highest BCUT2D eigenvalue weighted by molar-refractivity contribution is 5.94. The number of benzene rings is 1. The lowest BCUT2D eigenvalue weighted by atomic mass is 10.1. The maximum absolute atomic E-state index is 11.0. The van der Waals surface area contributed by atoms with Crippen LogP contribution in [0.3, 0.4) is 0 Å². The predicted molar refractivity (Wildman–Crippen MR) is 74.1 cm³/mol. The Morgan fingerprint density at radius 3 is 2.84 bits per heavy atom. The molecule has 2 aromatic rings. The van der Waals surface area contributed by atoms with Crippen LogP contribution in [0.25, 0.3) is 0 Å². The summed E-state index contributed by atoms with van der Waals surface area (Å²) in [6, 6.07) is 9.41. The van der Waals surface area contributed by atoms with Gasteiger partial charge in [-0.25, -0.2) is 9.78 Å². The van der Waals surface area contributed by atoms with Crippen LogP contribution in [0.4, 0.5) is 11.5 Å². The number of nitrogens with one attached hydrogen (secondary N) is 1. The molecule has 2 rings (SSSR count). The summed E-state index contributed by atoms with van der Waals surface area (Å²) < 4.78 is 0. The summed E-state index contributed by atoms with van der Waals surface area (Å²) >= 11 is 0. The largest absolute Gasteiger partial charge is 0.478 e.